The van der Waals surface area contributed by atoms with Gasteiger partial charge < -0.3 is 4.84 Å². The van der Waals surface area contributed by atoms with Crippen molar-refractivity contribution in [1.29, 1.82) is 0 Å². The Morgan fingerprint density at radius 2 is 1.55 bits per heavy atom. The average molecular weight is 269 g/mol. The van der Waals surface area contributed by atoms with Crippen LogP contribution in [-0.4, -0.2) is 11.9 Å². The van der Waals surface area contributed by atoms with Gasteiger partial charge in [-0.05, 0) is 31.2 Å². The molecule has 2 rings (SSSR count). The number of anilines is 1. The van der Waals surface area contributed by atoms with Crippen LogP contribution in [0, 0.1) is 6.92 Å². The van der Waals surface area contributed by atoms with Crippen molar-refractivity contribution < 1.29 is 14.4 Å². The highest BCUT2D eigenvalue weighted by atomic mass is 16.7. The van der Waals surface area contributed by atoms with Gasteiger partial charge in [-0.1, -0.05) is 35.9 Å². The van der Waals surface area contributed by atoms with Gasteiger partial charge in [0, 0.05) is 12.5 Å². The van der Waals surface area contributed by atoms with Gasteiger partial charge in [0.25, 0.3) is 5.91 Å². The molecule has 0 N–H and O–H groups in total. The molecule has 0 unspecified atom stereocenters. The molecule has 4 heteroatoms. The van der Waals surface area contributed by atoms with Crippen molar-refractivity contribution in [2.45, 2.75) is 13.8 Å². The normalized spacial score (nSPS) is 9.90. The molecule has 0 aliphatic heterocycles. The molecule has 0 bridgehead atoms. The predicted octanol–water partition coefficient (Wildman–Crippen LogP) is 3.12. The van der Waals surface area contributed by atoms with E-state index in [0.29, 0.717) is 11.3 Å². The van der Waals surface area contributed by atoms with Gasteiger partial charge in [0.2, 0.25) is 0 Å². The number of carbonyl (C=O) groups excluding carboxylic acids is 2. The van der Waals surface area contributed by atoms with Crippen molar-refractivity contribution in [2.75, 3.05) is 5.06 Å². The summed E-state index contributed by atoms with van der Waals surface area (Å²) in [5.74, 6) is -0.931. The lowest BCUT2D eigenvalue weighted by Crippen LogP contribution is -2.32. The second kappa shape index (κ2) is 6.02. The van der Waals surface area contributed by atoms with E-state index in [0.717, 1.165) is 10.6 Å². The molecule has 4 nitrogen and oxygen atoms in total. The maximum atomic E-state index is 12.4. The van der Waals surface area contributed by atoms with Crippen LogP contribution in [0.1, 0.15) is 22.8 Å². The number of carbonyl (C=O) groups is 2. The largest absolute Gasteiger partial charge is 0.333 e. The number of aryl methyl sites for hydroxylation is 1. The molecule has 2 aromatic rings. The first-order valence-corrected chi connectivity index (χ1v) is 6.22. The molecule has 0 fully saturated rings. The maximum absolute atomic E-state index is 12.4. The highest BCUT2D eigenvalue weighted by molar-refractivity contribution is 6.05. The first kappa shape index (κ1) is 13.8. The number of rotatable bonds is 2. The first-order valence-electron chi connectivity index (χ1n) is 6.22. The molecule has 0 saturated heterocycles. The van der Waals surface area contributed by atoms with Crippen molar-refractivity contribution in [3.05, 3.63) is 65.7 Å². The van der Waals surface area contributed by atoms with E-state index < -0.39 is 5.97 Å². The van der Waals surface area contributed by atoms with Crippen LogP contribution in [0.3, 0.4) is 0 Å². The summed E-state index contributed by atoms with van der Waals surface area (Å²) in [7, 11) is 0. The second-order valence-electron chi connectivity index (χ2n) is 4.38. The molecule has 102 valence electrons. The molecule has 0 aliphatic carbocycles. The number of nitrogens with zero attached hydrogens (tertiary/aromatic N) is 1. The van der Waals surface area contributed by atoms with Crippen molar-refractivity contribution in [2.24, 2.45) is 0 Å². The van der Waals surface area contributed by atoms with Crippen molar-refractivity contribution in [3.8, 4) is 0 Å². The van der Waals surface area contributed by atoms with Crippen molar-refractivity contribution in [1.82, 2.24) is 0 Å². The summed E-state index contributed by atoms with van der Waals surface area (Å²) < 4.78 is 0. The number of hydrogen-bond donors (Lipinski definition) is 0. The van der Waals surface area contributed by atoms with Crippen LogP contribution in [0.25, 0.3) is 0 Å². The smallest absolute Gasteiger partial charge is 0.330 e. The van der Waals surface area contributed by atoms with Crippen LogP contribution in [0.5, 0.6) is 0 Å². The Morgan fingerprint density at radius 1 is 0.950 bits per heavy atom. The lowest BCUT2D eigenvalue weighted by molar-refractivity contribution is -0.141. The Bertz CT molecular complexity index is 605. The van der Waals surface area contributed by atoms with Crippen molar-refractivity contribution in [3.63, 3.8) is 0 Å². The van der Waals surface area contributed by atoms with Crippen LogP contribution in [0.15, 0.2) is 54.6 Å². The van der Waals surface area contributed by atoms with Crippen LogP contribution >= 0.6 is 0 Å². The summed E-state index contributed by atoms with van der Waals surface area (Å²) in [6.07, 6.45) is 0. The molecule has 0 atom stereocenters. The number of benzene rings is 2. The lowest BCUT2D eigenvalue weighted by Gasteiger charge is -2.20. The van der Waals surface area contributed by atoms with Gasteiger partial charge in [0.05, 0.1) is 5.69 Å². The summed E-state index contributed by atoms with van der Waals surface area (Å²) >= 11 is 0. The van der Waals surface area contributed by atoms with Gasteiger partial charge in [0.15, 0.2) is 0 Å². The number of amides is 1. The fourth-order valence-corrected chi connectivity index (χ4v) is 1.72. The Kier molecular flexibility index (Phi) is 4.15. The van der Waals surface area contributed by atoms with E-state index in [1.54, 1.807) is 36.4 Å². The van der Waals surface area contributed by atoms with E-state index in [1.807, 2.05) is 25.1 Å². The average Bonchev–Trinajstić information content (AvgIpc) is 2.46. The predicted molar refractivity (Wildman–Crippen MR) is 76.2 cm³/mol. The molecular weight excluding hydrogens is 254 g/mol. The topological polar surface area (TPSA) is 46.6 Å². The zero-order valence-corrected chi connectivity index (χ0v) is 11.4. The summed E-state index contributed by atoms with van der Waals surface area (Å²) in [6.45, 7) is 3.21. The molecule has 1 amide bonds. The fourth-order valence-electron chi connectivity index (χ4n) is 1.72. The minimum absolute atomic E-state index is 0.385. The van der Waals surface area contributed by atoms with Gasteiger partial charge in [0.1, 0.15) is 0 Å². The van der Waals surface area contributed by atoms with Crippen LogP contribution in [0.2, 0.25) is 0 Å². The summed E-state index contributed by atoms with van der Waals surface area (Å²) in [5.41, 5.74) is 2.03. The Balaban J connectivity index is 2.35. The summed E-state index contributed by atoms with van der Waals surface area (Å²) in [4.78, 5) is 28.7. The minimum atomic E-state index is -0.546. The monoisotopic (exact) mass is 269 g/mol. The molecule has 0 aliphatic rings. The Morgan fingerprint density at radius 3 is 2.10 bits per heavy atom. The number of hydrogen-bond acceptors (Lipinski definition) is 3. The molecular formula is C16H15NO3. The maximum Gasteiger partial charge on any atom is 0.330 e. The molecule has 0 spiro atoms. The second-order valence-corrected chi connectivity index (χ2v) is 4.38. The van der Waals surface area contributed by atoms with Crippen LogP contribution in [0.4, 0.5) is 5.69 Å². The van der Waals surface area contributed by atoms with E-state index in [-0.39, 0.29) is 5.91 Å². The summed E-state index contributed by atoms with van der Waals surface area (Å²) in [6, 6.07) is 15.9. The van der Waals surface area contributed by atoms with Gasteiger partial charge in [-0.2, -0.15) is 0 Å². The van der Waals surface area contributed by atoms with Gasteiger partial charge >= 0.3 is 5.97 Å². The first-order chi connectivity index (χ1) is 9.58. The van der Waals surface area contributed by atoms with Crippen LogP contribution < -0.4 is 5.06 Å². The zero-order chi connectivity index (χ0) is 14.5. The molecule has 0 aromatic heterocycles. The highest BCUT2D eigenvalue weighted by Gasteiger charge is 2.20. The molecule has 0 heterocycles. The zero-order valence-electron chi connectivity index (χ0n) is 11.4. The molecule has 0 radical (unpaired) electrons. The van der Waals surface area contributed by atoms with E-state index in [1.165, 1.54) is 6.92 Å². The number of hydroxylamine groups is 1. The third kappa shape index (κ3) is 3.23. The van der Waals surface area contributed by atoms with E-state index in [9.17, 15) is 9.59 Å². The van der Waals surface area contributed by atoms with Gasteiger partial charge in [-0.15, -0.1) is 5.06 Å². The third-order valence-electron chi connectivity index (χ3n) is 2.69. The minimum Gasteiger partial charge on any atom is -0.333 e. The molecule has 2 aromatic carbocycles. The van der Waals surface area contributed by atoms with Gasteiger partial charge in [-0.3, -0.25) is 4.79 Å². The van der Waals surface area contributed by atoms with E-state index in [2.05, 4.69) is 0 Å². The van der Waals surface area contributed by atoms with E-state index >= 15 is 0 Å². The Hall–Kier alpha value is -2.62. The van der Waals surface area contributed by atoms with Gasteiger partial charge in [-0.25, -0.2) is 4.79 Å². The van der Waals surface area contributed by atoms with Crippen LogP contribution in [-0.2, 0) is 9.63 Å². The molecule has 0 saturated carbocycles. The molecule has 20 heavy (non-hydrogen) atoms. The SMILES string of the molecule is CC(=O)ON(C(=O)c1ccccc1)c1ccc(C)cc1. The third-order valence-corrected chi connectivity index (χ3v) is 2.69. The van der Waals surface area contributed by atoms with Crippen molar-refractivity contribution >= 4 is 17.6 Å². The fraction of sp³-hybridized carbons (Fsp3) is 0.125. The lowest BCUT2D eigenvalue weighted by atomic mass is 10.2. The summed E-state index contributed by atoms with van der Waals surface area (Å²) in [5, 5.41) is 1.01. The highest BCUT2D eigenvalue weighted by Crippen LogP contribution is 2.18. The van der Waals surface area contributed by atoms with E-state index in [4.69, 9.17) is 4.84 Å². The standard InChI is InChI=1S/C16H15NO3/c1-12-8-10-15(11-9-12)17(20-13(2)18)16(19)14-6-4-3-5-7-14/h3-11H,1-2H3. The quantitative estimate of drug-likeness (QED) is 0.787. The Labute approximate surface area is 117 Å².